The minimum absolute atomic E-state index is 0.0105. The van der Waals surface area contributed by atoms with E-state index in [1.807, 2.05) is 0 Å². The van der Waals surface area contributed by atoms with E-state index in [1.165, 1.54) is 41.5 Å². The monoisotopic (exact) mass is 496 g/mol. The second-order valence-corrected chi connectivity index (χ2v) is 9.20. The van der Waals surface area contributed by atoms with E-state index < -0.39 is 46.7 Å². The Labute approximate surface area is 193 Å². The van der Waals surface area contributed by atoms with E-state index in [0.29, 0.717) is 24.3 Å². The maximum atomic E-state index is 15.0. The third kappa shape index (κ3) is 4.09. The Kier molecular flexibility index (Phi) is 7.02. The molecule has 0 heterocycles. The van der Waals surface area contributed by atoms with Crippen LogP contribution in [0.4, 0.5) is 46.5 Å². The topological polar surface area (TPSA) is 52.0 Å². The first-order valence-electron chi connectivity index (χ1n) is 10.5. The van der Waals surface area contributed by atoms with Crippen molar-refractivity contribution in [3.05, 3.63) is 57.6 Å². The van der Waals surface area contributed by atoms with Crippen LogP contribution in [0, 0.1) is 13.8 Å². The third-order valence-electron chi connectivity index (χ3n) is 5.99. The molecule has 2 aromatic carbocycles. The summed E-state index contributed by atoms with van der Waals surface area (Å²) in [6.07, 6.45) is 0. The van der Waals surface area contributed by atoms with Gasteiger partial charge in [0.05, 0.1) is 0 Å². The molecule has 0 atom stereocenters. The van der Waals surface area contributed by atoms with Crippen LogP contribution in [0.5, 0.6) is 0 Å². The fourth-order valence-corrected chi connectivity index (χ4v) is 3.73. The molecule has 0 aliphatic carbocycles. The van der Waals surface area contributed by atoms with Crippen LogP contribution in [0.1, 0.15) is 72.9 Å². The normalized spacial score (nSPS) is 13.8. The van der Waals surface area contributed by atoms with Crippen LogP contribution in [-0.2, 0) is 11.8 Å². The minimum Gasteiger partial charge on any atom is -0.398 e. The van der Waals surface area contributed by atoms with Crippen LogP contribution in [0.15, 0.2) is 24.3 Å². The van der Waals surface area contributed by atoms with Gasteiger partial charge >= 0.3 is 23.7 Å². The molecule has 0 aliphatic heterocycles. The molecule has 0 unspecified atom stereocenters. The number of benzene rings is 2. The SMILES string of the molecule is Cc1cc(C(F)(F)C(F)(F)C(F)(F)C(F)(F)c2cc(C)c(N)c(C(C)C)c2)cc(C(C)C)c1N. The lowest BCUT2D eigenvalue weighted by Gasteiger charge is -2.37. The standard InChI is InChI=1S/C24H28F8N2/c1-11(2)17-9-15(7-13(5)19(17)33)21(25,26)23(29,30)24(31,32)22(27,28)16-8-14(6)20(34)18(10-16)12(3)4/h7-12H,33-34H2,1-6H3. The average Bonchev–Trinajstić information content (AvgIpc) is 2.70. The van der Waals surface area contributed by atoms with Crippen molar-refractivity contribution in [3.8, 4) is 0 Å². The van der Waals surface area contributed by atoms with Crippen molar-refractivity contribution >= 4 is 11.4 Å². The molecule has 0 amide bonds. The van der Waals surface area contributed by atoms with Gasteiger partial charge in [0, 0.05) is 22.5 Å². The first kappa shape index (κ1) is 27.7. The second kappa shape index (κ2) is 8.61. The molecule has 0 spiro atoms. The second-order valence-electron chi connectivity index (χ2n) is 9.20. The molecule has 0 bridgehead atoms. The van der Waals surface area contributed by atoms with Crippen molar-refractivity contribution in [2.75, 3.05) is 11.5 Å². The molecule has 0 fully saturated rings. The minimum atomic E-state index is -6.46. The van der Waals surface area contributed by atoms with Crippen molar-refractivity contribution in [3.63, 3.8) is 0 Å². The number of hydrogen-bond acceptors (Lipinski definition) is 2. The predicted octanol–water partition coefficient (Wildman–Crippen LogP) is 7.87. The first-order valence-corrected chi connectivity index (χ1v) is 10.5. The van der Waals surface area contributed by atoms with E-state index in [0.717, 1.165) is 0 Å². The Bertz CT molecular complexity index is 990. The largest absolute Gasteiger partial charge is 0.398 e. The molecule has 2 nitrogen and oxygen atoms in total. The van der Waals surface area contributed by atoms with Gasteiger partial charge in [-0.15, -0.1) is 0 Å². The number of hydrogen-bond donors (Lipinski definition) is 2. The summed E-state index contributed by atoms with van der Waals surface area (Å²) in [5.41, 5.74) is 8.45. The van der Waals surface area contributed by atoms with Crippen LogP contribution < -0.4 is 11.5 Å². The summed E-state index contributed by atoms with van der Waals surface area (Å²) in [7, 11) is 0. The van der Waals surface area contributed by atoms with Crippen molar-refractivity contribution in [2.45, 2.75) is 77.1 Å². The van der Waals surface area contributed by atoms with Gasteiger partial charge in [0.2, 0.25) is 0 Å². The number of rotatable bonds is 7. The molecule has 190 valence electrons. The van der Waals surface area contributed by atoms with E-state index in [1.54, 1.807) is 0 Å². The molecular weight excluding hydrogens is 468 g/mol. The zero-order valence-corrected chi connectivity index (χ0v) is 19.6. The summed E-state index contributed by atoms with van der Waals surface area (Å²) in [4.78, 5) is 0. The lowest BCUT2D eigenvalue weighted by atomic mass is 9.86. The molecule has 0 saturated carbocycles. The fourth-order valence-electron chi connectivity index (χ4n) is 3.73. The number of alkyl halides is 8. The number of aryl methyl sites for hydroxylation is 2. The maximum Gasteiger partial charge on any atom is 0.382 e. The summed E-state index contributed by atoms with van der Waals surface area (Å²) >= 11 is 0. The summed E-state index contributed by atoms with van der Waals surface area (Å²) in [5.74, 6) is -25.3. The van der Waals surface area contributed by atoms with Gasteiger partial charge in [0.15, 0.2) is 0 Å². The van der Waals surface area contributed by atoms with Gasteiger partial charge < -0.3 is 11.5 Å². The number of halogens is 8. The highest BCUT2D eigenvalue weighted by Crippen LogP contribution is 2.59. The third-order valence-corrected chi connectivity index (χ3v) is 5.99. The van der Waals surface area contributed by atoms with Crippen LogP contribution in [0.2, 0.25) is 0 Å². The van der Waals surface area contributed by atoms with Crippen LogP contribution in [0.3, 0.4) is 0 Å². The Balaban J connectivity index is 2.71. The van der Waals surface area contributed by atoms with Gasteiger partial charge in [-0.25, -0.2) is 0 Å². The Morgan fingerprint density at radius 2 is 0.824 bits per heavy atom. The molecule has 0 saturated heterocycles. The average molecular weight is 496 g/mol. The summed E-state index contributed by atoms with van der Waals surface area (Å²) in [5, 5.41) is 0. The van der Waals surface area contributed by atoms with Gasteiger partial charge in [0.1, 0.15) is 0 Å². The smallest absolute Gasteiger partial charge is 0.382 e. The molecule has 0 aromatic heterocycles. The highest BCUT2D eigenvalue weighted by molar-refractivity contribution is 5.58. The zero-order chi connectivity index (χ0) is 26.6. The molecule has 34 heavy (non-hydrogen) atoms. The maximum absolute atomic E-state index is 15.0. The highest BCUT2D eigenvalue weighted by atomic mass is 19.4. The van der Waals surface area contributed by atoms with Crippen molar-refractivity contribution in [1.82, 2.24) is 0 Å². The van der Waals surface area contributed by atoms with Crippen molar-refractivity contribution in [1.29, 1.82) is 0 Å². The van der Waals surface area contributed by atoms with Crippen LogP contribution in [-0.4, -0.2) is 11.8 Å². The molecule has 2 rings (SSSR count). The Morgan fingerprint density at radius 3 is 1.06 bits per heavy atom. The lowest BCUT2D eigenvalue weighted by molar-refractivity contribution is -0.374. The highest BCUT2D eigenvalue weighted by Gasteiger charge is 2.81. The summed E-state index contributed by atoms with van der Waals surface area (Å²) in [6, 6.07) is 2.12. The zero-order valence-electron chi connectivity index (χ0n) is 19.6. The molecule has 4 N–H and O–H groups in total. The lowest BCUT2D eigenvalue weighted by Crippen LogP contribution is -2.59. The van der Waals surface area contributed by atoms with Gasteiger partial charge in [-0.2, -0.15) is 35.1 Å². The molecular formula is C24H28F8N2. The fraction of sp³-hybridized carbons (Fsp3) is 0.500. The van der Waals surface area contributed by atoms with Gasteiger partial charge in [-0.3, -0.25) is 0 Å². The number of nitrogen functional groups attached to an aromatic ring is 2. The summed E-state index contributed by atoms with van der Waals surface area (Å²) in [6.45, 7) is 8.59. The van der Waals surface area contributed by atoms with Gasteiger partial charge in [-0.1, -0.05) is 27.7 Å². The van der Waals surface area contributed by atoms with Crippen LogP contribution in [0.25, 0.3) is 0 Å². The van der Waals surface area contributed by atoms with Crippen molar-refractivity contribution < 1.29 is 35.1 Å². The van der Waals surface area contributed by atoms with E-state index in [9.17, 15) is 35.1 Å². The molecule has 2 aromatic rings. The quantitative estimate of drug-likeness (QED) is 0.303. The molecule has 0 radical (unpaired) electrons. The van der Waals surface area contributed by atoms with E-state index >= 15 is 0 Å². The van der Waals surface area contributed by atoms with Gasteiger partial charge in [-0.05, 0) is 72.2 Å². The van der Waals surface area contributed by atoms with Gasteiger partial charge in [0.25, 0.3) is 0 Å². The van der Waals surface area contributed by atoms with E-state index in [2.05, 4.69) is 0 Å². The summed E-state index contributed by atoms with van der Waals surface area (Å²) < 4.78 is 119. The molecule has 0 aliphatic rings. The predicted molar refractivity (Wildman–Crippen MR) is 117 cm³/mol. The Morgan fingerprint density at radius 1 is 0.559 bits per heavy atom. The van der Waals surface area contributed by atoms with Crippen LogP contribution >= 0.6 is 0 Å². The number of nitrogens with two attached hydrogens (primary N) is 2. The number of anilines is 2. The van der Waals surface area contributed by atoms with E-state index in [4.69, 9.17) is 11.5 Å². The van der Waals surface area contributed by atoms with E-state index in [-0.39, 0.29) is 33.6 Å². The Hall–Kier alpha value is -2.52. The molecule has 10 heteroatoms. The van der Waals surface area contributed by atoms with Crippen molar-refractivity contribution in [2.24, 2.45) is 0 Å². The first-order chi connectivity index (χ1) is 15.2.